The average Bonchev–Trinajstić information content (AvgIpc) is 2.94. The number of hydrogen-bond acceptors (Lipinski definition) is 4. The van der Waals surface area contributed by atoms with Gasteiger partial charge in [0.05, 0.1) is 11.7 Å². The second-order valence-corrected chi connectivity index (χ2v) is 4.46. The number of rotatable bonds is 2. The number of pyridine rings is 1. The number of nitrogens with zero attached hydrogens (tertiary/aromatic N) is 4. The molecule has 5 heteroatoms. The highest BCUT2D eigenvalue weighted by atomic mass is 16.1. The molecule has 2 aromatic heterocycles. The molecule has 88 valence electrons. The maximum Gasteiger partial charge on any atom is 0.166 e. The van der Waals surface area contributed by atoms with Gasteiger partial charge in [0.2, 0.25) is 0 Å². The van der Waals surface area contributed by atoms with Crippen molar-refractivity contribution in [3.8, 4) is 0 Å². The van der Waals surface area contributed by atoms with Crippen LogP contribution in [0.3, 0.4) is 0 Å². The molecule has 0 saturated carbocycles. The number of carbonyl (C=O) groups is 1. The van der Waals surface area contributed by atoms with Crippen LogP contribution in [0.5, 0.6) is 0 Å². The molecule has 1 atom stereocenters. The molecule has 0 N–H and O–H groups in total. The zero-order valence-electron chi connectivity index (χ0n) is 9.71. The molecule has 0 aromatic carbocycles. The van der Waals surface area contributed by atoms with Gasteiger partial charge in [0.15, 0.2) is 17.8 Å². The normalized spacial score (nSPS) is 21.1. The fourth-order valence-corrected chi connectivity index (χ4v) is 2.53. The fourth-order valence-electron chi connectivity index (χ4n) is 2.53. The first-order valence-corrected chi connectivity index (χ1v) is 5.80. The lowest BCUT2D eigenvalue weighted by molar-refractivity contribution is 0.111. The number of hydrogen-bond donors (Lipinski definition) is 0. The van der Waals surface area contributed by atoms with E-state index in [1.165, 1.54) is 6.42 Å². The number of aromatic nitrogens is 3. The van der Waals surface area contributed by atoms with Crippen LogP contribution >= 0.6 is 0 Å². The Balaban J connectivity index is 2.19. The van der Waals surface area contributed by atoms with Crippen molar-refractivity contribution in [1.29, 1.82) is 0 Å². The Morgan fingerprint density at radius 1 is 1.41 bits per heavy atom. The van der Waals surface area contributed by atoms with Gasteiger partial charge in [-0.1, -0.05) is 6.07 Å². The third-order valence-corrected chi connectivity index (χ3v) is 3.42. The van der Waals surface area contributed by atoms with Gasteiger partial charge < -0.3 is 0 Å². The Hall–Kier alpha value is -1.75. The van der Waals surface area contributed by atoms with E-state index in [4.69, 9.17) is 0 Å². The number of likely N-dealkylation sites (tertiary alicyclic amines) is 1. The highest BCUT2D eigenvalue weighted by molar-refractivity contribution is 5.74. The highest BCUT2D eigenvalue weighted by Crippen LogP contribution is 2.29. The van der Waals surface area contributed by atoms with Gasteiger partial charge in [-0.05, 0) is 38.6 Å². The standard InChI is InChI=1S/C12H14N4O/c1-15-7-3-5-10(15)12-14-13-11-6-2-4-9(8-17)16(11)12/h2,4,6,8,10H,3,5,7H2,1H3. The van der Waals surface area contributed by atoms with Crippen LogP contribution in [0.15, 0.2) is 18.2 Å². The van der Waals surface area contributed by atoms with Crippen LogP contribution in [0.1, 0.15) is 35.2 Å². The van der Waals surface area contributed by atoms with E-state index in [-0.39, 0.29) is 6.04 Å². The van der Waals surface area contributed by atoms with Crippen LogP contribution in [0.4, 0.5) is 0 Å². The SMILES string of the molecule is CN1CCCC1c1nnc2cccc(C=O)n12. The van der Waals surface area contributed by atoms with Crippen LogP contribution in [0.2, 0.25) is 0 Å². The molecule has 0 amide bonds. The van der Waals surface area contributed by atoms with E-state index in [1.54, 1.807) is 6.07 Å². The van der Waals surface area contributed by atoms with Gasteiger partial charge in [-0.3, -0.25) is 14.1 Å². The van der Waals surface area contributed by atoms with Gasteiger partial charge in [-0.15, -0.1) is 10.2 Å². The van der Waals surface area contributed by atoms with E-state index in [2.05, 4.69) is 22.1 Å². The van der Waals surface area contributed by atoms with E-state index in [1.807, 2.05) is 16.5 Å². The molecule has 0 spiro atoms. The predicted molar refractivity (Wildman–Crippen MR) is 63.0 cm³/mol. The molecule has 1 aliphatic heterocycles. The second kappa shape index (κ2) is 3.92. The summed E-state index contributed by atoms with van der Waals surface area (Å²) in [5, 5.41) is 8.38. The van der Waals surface area contributed by atoms with Crippen LogP contribution in [0.25, 0.3) is 5.65 Å². The summed E-state index contributed by atoms with van der Waals surface area (Å²) >= 11 is 0. The van der Waals surface area contributed by atoms with Crippen molar-refractivity contribution in [2.45, 2.75) is 18.9 Å². The quantitative estimate of drug-likeness (QED) is 0.730. The van der Waals surface area contributed by atoms with E-state index in [9.17, 15) is 4.79 Å². The topological polar surface area (TPSA) is 50.5 Å². The minimum Gasteiger partial charge on any atom is -0.296 e. The zero-order valence-corrected chi connectivity index (χ0v) is 9.71. The Bertz CT molecular complexity index is 563. The summed E-state index contributed by atoms with van der Waals surface area (Å²) in [6.45, 7) is 1.07. The molecule has 1 aliphatic rings. The summed E-state index contributed by atoms with van der Waals surface area (Å²) in [6.07, 6.45) is 3.10. The van der Waals surface area contributed by atoms with Crippen molar-refractivity contribution >= 4 is 11.9 Å². The first-order chi connectivity index (χ1) is 8.31. The van der Waals surface area contributed by atoms with Crippen molar-refractivity contribution in [2.24, 2.45) is 0 Å². The van der Waals surface area contributed by atoms with Crippen molar-refractivity contribution in [3.63, 3.8) is 0 Å². The van der Waals surface area contributed by atoms with Gasteiger partial charge in [-0.25, -0.2) is 0 Å². The monoisotopic (exact) mass is 230 g/mol. The maximum atomic E-state index is 11.1. The minimum absolute atomic E-state index is 0.270. The molecular formula is C12H14N4O. The fraction of sp³-hybridized carbons (Fsp3) is 0.417. The smallest absolute Gasteiger partial charge is 0.166 e. The first-order valence-electron chi connectivity index (χ1n) is 5.80. The second-order valence-electron chi connectivity index (χ2n) is 4.46. The molecule has 2 aromatic rings. The average molecular weight is 230 g/mol. The largest absolute Gasteiger partial charge is 0.296 e. The minimum atomic E-state index is 0.270. The summed E-state index contributed by atoms with van der Waals surface area (Å²) in [5.41, 5.74) is 1.35. The van der Waals surface area contributed by atoms with E-state index in [0.29, 0.717) is 5.69 Å². The molecular weight excluding hydrogens is 216 g/mol. The summed E-state index contributed by atoms with van der Waals surface area (Å²) in [5.74, 6) is 0.878. The lowest BCUT2D eigenvalue weighted by atomic mass is 10.2. The summed E-state index contributed by atoms with van der Waals surface area (Å²) < 4.78 is 1.86. The molecule has 1 saturated heterocycles. The maximum absolute atomic E-state index is 11.1. The molecule has 0 aliphatic carbocycles. The first kappa shape index (κ1) is 10.4. The van der Waals surface area contributed by atoms with Crippen molar-refractivity contribution in [1.82, 2.24) is 19.5 Å². The molecule has 1 fully saturated rings. The summed E-state index contributed by atoms with van der Waals surface area (Å²) in [4.78, 5) is 13.3. The lowest BCUT2D eigenvalue weighted by Gasteiger charge is -2.17. The lowest BCUT2D eigenvalue weighted by Crippen LogP contribution is -2.20. The van der Waals surface area contributed by atoms with E-state index < -0.39 is 0 Å². The molecule has 0 radical (unpaired) electrons. The van der Waals surface area contributed by atoms with Crippen LogP contribution < -0.4 is 0 Å². The number of aldehydes is 1. The van der Waals surface area contributed by atoms with Gasteiger partial charge in [0.1, 0.15) is 0 Å². The summed E-state index contributed by atoms with van der Waals surface area (Å²) in [7, 11) is 2.09. The van der Waals surface area contributed by atoms with Gasteiger partial charge >= 0.3 is 0 Å². The van der Waals surface area contributed by atoms with E-state index in [0.717, 1.165) is 30.7 Å². The predicted octanol–water partition coefficient (Wildman–Crippen LogP) is 1.31. The van der Waals surface area contributed by atoms with Crippen LogP contribution in [-0.4, -0.2) is 39.4 Å². The molecule has 3 rings (SSSR count). The third-order valence-electron chi connectivity index (χ3n) is 3.42. The summed E-state index contributed by atoms with van der Waals surface area (Å²) in [6, 6.07) is 5.77. The highest BCUT2D eigenvalue weighted by Gasteiger charge is 2.27. The number of carbonyl (C=O) groups excluding carboxylic acids is 1. The molecule has 17 heavy (non-hydrogen) atoms. The number of fused-ring (bicyclic) bond motifs is 1. The van der Waals surface area contributed by atoms with Gasteiger partial charge in [0, 0.05) is 0 Å². The van der Waals surface area contributed by atoms with E-state index >= 15 is 0 Å². The third kappa shape index (κ3) is 1.54. The molecule has 1 unspecified atom stereocenters. The van der Waals surface area contributed by atoms with Gasteiger partial charge in [-0.2, -0.15) is 0 Å². The van der Waals surface area contributed by atoms with Crippen molar-refractivity contribution < 1.29 is 4.79 Å². The van der Waals surface area contributed by atoms with Crippen LogP contribution in [-0.2, 0) is 0 Å². The van der Waals surface area contributed by atoms with Gasteiger partial charge in [0.25, 0.3) is 0 Å². The Kier molecular flexibility index (Phi) is 2.40. The Morgan fingerprint density at radius 2 is 2.29 bits per heavy atom. The van der Waals surface area contributed by atoms with Crippen LogP contribution in [0, 0.1) is 0 Å². The van der Waals surface area contributed by atoms with Crippen molar-refractivity contribution in [3.05, 3.63) is 29.7 Å². The Labute approximate surface area is 99.1 Å². The van der Waals surface area contributed by atoms with Crippen molar-refractivity contribution in [2.75, 3.05) is 13.6 Å². The molecule has 0 bridgehead atoms. The molecule has 3 heterocycles. The molecule has 5 nitrogen and oxygen atoms in total. The Morgan fingerprint density at radius 3 is 3.00 bits per heavy atom. The zero-order chi connectivity index (χ0) is 11.8.